The maximum atomic E-state index is 11.8. The highest BCUT2D eigenvalue weighted by Crippen LogP contribution is 2.08. The van der Waals surface area contributed by atoms with E-state index in [4.69, 9.17) is 0 Å². The predicted octanol–water partition coefficient (Wildman–Crippen LogP) is 1.38. The standard InChI is InChI=1S/C6H12FN.ClH/c7-4-6-2-1-3-8-5-6;/h6,8H,1-5H2;1H/t6-;/m0./s1. The smallest absolute Gasteiger partial charge is 0.0934 e. The van der Waals surface area contributed by atoms with Gasteiger partial charge < -0.3 is 5.32 Å². The number of hydrogen-bond acceptors (Lipinski definition) is 1. The third-order valence-electron chi connectivity index (χ3n) is 1.62. The molecule has 0 bridgehead atoms. The molecule has 0 radical (unpaired) electrons. The van der Waals surface area contributed by atoms with Crippen LogP contribution in [0.15, 0.2) is 0 Å². The van der Waals surface area contributed by atoms with Gasteiger partial charge in [-0.2, -0.15) is 0 Å². The van der Waals surface area contributed by atoms with Crippen molar-refractivity contribution in [2.45, 2.75) is 12.8 Å². The fraction of sp³-hybridized carbons (Fsp3) is 1.00. The van der Waals surface area contributed by atoms with Gasteiger partial charge in [-0.25, -0.2) is 0 Å². The highest BCUT2D eigenvalue weighted by Gasteiger charge is 2.10. The zero-order valence-electron chi connectivity index (χ0n) is 5.40. The Balaban J connectivity index is 0.000000640. The lowest BCUT2D eigenvalue weighted by Gasteiger charge is -2.18. The maximum Gasteiger partial charge on any atom is 0.0934 e. The third kappa shape index (κ3) is 3.01. The minimum atomic E-state index is -0.146. The minimum absolute atomic E-state index is 0. The quantitative estimate of drug-likeness (QED) is 0.600. The molecular weight excluding hydrogens is 141 g/mol. The number of piperidine rings is 1. The van der Waals surface area contributed by atoms with Gasteiger partial charge in [0.1, 0.15) is 0 Å². The van der Waals surface area contributed by atoms with Crippen molar-refractivity contribution in [2.24, 2.45) is 5.92 Å². The summed E-state index contributed by atoms with van der Waals surface area (Å²) in [6.07, 6.45) is 2.22. The second-order valence-electron chi connectivity index (χ2n) is 2.37. The van der Waals surface area contributed by atoms with Crippen LogP contribution >= 0.6 is 12.4 Å². The second-order valence-corrected chi connectivity index (χ2v) is 2.37. The molecule has 0 aromatic carbocycles. The summed E-state index contributed by atoms with van der Waals surface area (Å²) in [6.45, 7) is 1.82. The van der Waals surface area contributed by atoms with Crippen molar-refractivity contribution >= 4 is 12.4 Å². The zero-order valence-corrected chi connectivity index (χ0v) is 6.22. The van der Waals surface area contributed by atoms with Crippen LogP contribution in [-0.2, 0) is 0 Å². The summed E-state index contributed by atoms with van der Waals surface area (Å²) in [5, 5.41) is 3.15. The molecule has 1 aliphatic rings. The summed E-state index contributed by atoms with van der Waals surface area (Å²) in [5.74, 6) is 0.309. The molecule has 0 unspecified atom stereocenters. The highest BCUT2D eigenvalue weighted by atomic mass is 35.5. The van der Waals surface area contributed by atoms with Gasteiger partial charge in [0.25, 0.3) is 0 Å². The van der Waals surface area contributed by atoms with E-state index in [0.29, 0.717) is 5.92 Å². The van der Waals surface area contributed by atoms with Gasteiger partial charge >= 0.3 is 0 Å². The molecule has 0 saturated carbocycles. The Hall–Kier alpha value is 0.180. The zero-order chi connectivity index (χ0) is 5.82. The van der Waals surface area contributed by atoms with Gasteiger partial charge in [-0.05, 0) is 25.3 Å². The minimum Gasteiger partial charge on any atom is -0.316 e. The third-order valence-corrected chi connectivity index (χ3v) is 1.62. The molecule has 0 aromatic rings. The van der Waals surface area contributed by atoms with Gasteiger partial charge in [-0.15, -0.1) is 12.4 Å². The van der Waals surface area contributed by atoms with Crippen LogP contribution in [0.1, 0.15) is 12.8 Å². The monoisotopic (exact) mass is 153 g/mol. The Morgan fingerprint density at radius 1 is 1.56 bits per heavy atom. The summed E-state index contributed by atoms with van der Waals surface area (Å²) in [4.78, 5) is 0. The molecule has 1 heterocycles. The molecule has 0 amide bonds. The Morgan fingerprint density at radius 3 is 2.67 bits per heavy atom. The average molecular weight is 154 g/mol. The van der Waals surface area contributed by atoms with E-state index in [-0.39, 0.29) is 19.1 Å². The lowest BCUT2D eigenvalue weighted by atomic mass is 10.0. The van der Waals surface area contributed by atoms with E-state index in [1.165, 1.54) is 0 Å². The van der Waals surface area contributed by atoms with Crippen molar-refractivity contribution in [1.82, 2.24) is 5.32 Å². The highest BCUT2D eigenvalue weighted by molar-refractivity contribution is 5.85. The molecule has 0 aliphatic carbocycles. The van der Waals surface area contributed by atoms with Gasteiger partial charge in [0, 0.05) is 6.54 Å². The first-order valence-corrected chi connectivity index (χ1v) is 3.20. The van der Waals surface area contributed by atoms with Gasteiger partial charge in [0.05, 0.1) is 6.67 Å². The van der Waals surface area contributed by atoms with E-state index >= 15 is 0 Å². The van der Waals surface area contributed by atoms with Crippen LogP contribution in [0.3, 0.4) is 0 Å². The molecule has 1 nitrogen and oxygen atoms in total. The summed E-state index contributed by atoms with van der Waals surface area (Å²) >= 11 is 0. The first-order valence-electron chi connectivity index (χ1n) is 3.20. The van der Waals surface area contributed by atoms with Gasteiger partial charge in [-0.1, -0.05) is 0 Å². The fourth-order valence-electron chi connectivity index (χ4n) is 1.06. The Labute approximate surface area is 61.4 Å². The molecule has 1 N–H and O–H groups in total. The van der Waals surface area contributed by atoms with Gasteiger partial charge in [0.15, 0.2) is 0 Å². The first kappa shape index (κ1) is 9.18. The van der Waals surface area contributed by atoms with Crippen molar-refractivity contribution in [2.75, 3.05) is 19.8 Å². The molecule has 1 fully saturated rings. The topological polar surface area (TPSA) is 12.0 Å². The fourth-order valence-corrected chi connectivity index (χ4v) is 1.06. The number of alkyl halides is 1. The van der Waals surface area contributed by atoms with Crippen LogP contribution in [0.2, 0.25) is 0 Å². The summed E-state index contributed by atoms with van der Waals surface area (Å²) < 4.78 is 11.8. The largest absolute Gasteiger partial charge is 0.316 e. The van der Waals surface area contributed by atoms with E-state index in [1.807, 2.05) is 0 Å². The van der Waals surface area contributed by atoms with Crippen molar-refractivity contribution < 1.29 is 4.39 Å². The molecule has 1 aliphatic heterocycles. The van der Waals surface area contributed by atoms with Crippen molar-refractivity contribution in [3.8, 4) is 0 Å². The van der Waals surface area contributed by atoms with E-state index in [0.717, 1.165) is 25.9 Å². The number of rotatable bonds is 1. The normalized spacial score (nSPS) is 27.0. The number of halogens is 2. The SMILES string of the molecule is Cl.FC[C@@H]1CCCNC1. The van der Waals surface area contributed by atoms with E-state index in [9.17, 15) is 4.39 Å². The molecule has 0 spiro atoms. The van der Waals surface area contributed by atoms with Crippen LogP contribution < -0.4 is 5.32 Å². The van der Waals surface area contributed by atoms with Crippen LogP contribution in [-0.4, -0.2) is 19.8 Å². The Bertz CT molecular complexity index is 64.1. The predicted molar refractivity (Wildman–Crippen MR) is 38.8 cm³/mol. The lowest BCUT2D eigenvalue weighted by molar-refractivity contribution is 0.296. The van der Waals surface area contributed by atoms with Crippen molar-refractivity contribution in [3.05, 3.63) is 0 Å². The Kier molecular flexibility index (Phi) is 5.10. The van der Waals surface area contributed by atoms with Crippen LogP contribution in [0.25, 0.3) is 0 Å². The first-order chi connectivity index (χ1) is 3.93. The van der Waals surface area contributed by atoms with E-state index in [1.54, 1.807) is 0 Å². The molecular formula is C6H13ClFN. The van der Waals surface area contributed by atoms with Crippen LogP contribution in [0.4, 0.5) is 4.39 Å². The molecule has 1 rings (SSSR count). The average Bonchev–Trinajstić information content (AvgIpc) is 1.90. The Morgan fingerprint density at radius 2 is 2.33 bits per heavy atom. The van der Waals surface area contributed by atoms with Gasteiger partial charge in [-0.3, -0.25) is 4.39 Å². The van der Waals surface area contributed by atoms with E-state index < -0.39 is 0 Å². The summed E-state index contributed by atoms with van der Waals surface area (Å²) in [6, 6.07) is 0. The second kappa shape index (κ2) is 5.00. The maximum absolute atomic E-state index is 11.8. The lowest BCUT2D eigenvalue weighted by Crippen LogP contribution is -2.30. The van der Waals surface area contributed by atoms with Gasteiger partial charge in [0.2, 0.25) is 0 Å². The van der Waals surface area contributed by atoms with Crippen LogP contribution in [0.5, 0.6) is 0 Å². The number of hydrogen-bond donors (Lipinski definition) is 1. The molecule has 3 heteroatoms. The van der Waals surface area contributed by atoms with Crippen molar-refractivity contribution in [1.29, 1.82) is 0 Å². The van der Waals surface area contributed by atoms with Crippen molar-refractivity contribution in [3.63, 3.8) is 0 Å². The molecule has 9 heavy (non-hydrogen) atoms. The summed E-state index contributed by atoms with van der Waals surface area (Å²) in [5.41, 5.74) is 0. The molecule has 56 valence electrons. The molecule has 1 saturated heterocycles. The summed E-state index contributed by atoms with van der Waals surface area (Å²) in [7, 11) is 0. The molecule has 0 aromatic heterocycles. The number of nitrogens with one attached hydrogen (secondary N) is 1. The molecule has 1 atom stereocenters. The van der Waals surface area contributed by atoms with E-state index in [2.05, 4.69) is 5.32 Å². The van der Waals surface area contributed by atoms with Crippen LogP contribution in [0, 0.1) is 5.92 Å².